The van der Waals surface area contributed by atoms with Crippen LogP contribution in [0.1, 0.15) is 26.7 Å². The Bertz CT molecular complexity index is 145. The fraction of sp³-hybridized carbons (Fsp3) is 0.800. The molecule has 0 spiro atoms. The van der Waals surface area contributed by atoms with E-state index in [0.717, 1.165) is 0 Å². The molecule has 1 N–H and O–H groups in total. The van der Waals surface area contributed by atoms with Crippen LogP contribution in [0.4, 0.5) is 0 Å². The van der Waals surface area contributed by atoms with E-state index >= 15 is 0 Å². The van der Waals surface area contributed by atoms with Crippen molar-refractivity contribution in [2.75, 3.05) is 13.2 Å². The van der Waals surface area contributed by atoms with Crippen molar-refractivity contribution in [2.24, 2.45) is 0 Å². The van der Waals surface area contributed by atoms with Crippen molar-refractivity contribution >= 4 is 0 Å². The summed E-state index contributed by atoms with van der Waals surface area (Å²) in [5, 5.41) is 9.56. The second-order valence-corrected chi connectivity index (χ2v) is 2.59. The molecule has 0 aliphatic heterocycles. The number of ether oxygens (including phenoxy) is 2. The Morgan fingerprint density at radius 3 is 2.23 bits per heavy atom. The smallest absolute Gasteiger partial charge is 0.183 e. The van der Waals surface area contributed by atoms with Crippen LogP contribution in [-0.4, -0.2) is 30.7 Å². The van der Waals surface area contributed by atoms with Crippen molar-refractivity contribution in [3.63, 3.8) is 0 Å². The third kappa shape index (κ3) is 5.64. The fourth-order valence-corrected chi connectivity index (χ4v) is 0.966. The van der Waals surface area contributed by atoms with Crippen LogP contribution in [0.25, 0.3) is 0 Å². The summed E-state index contributed by atoms with van der Waals surface area (Å²) in [4.78, 5) is 0. The minimum atomic E-state index is -0.629. The number of aliphatic hydroxyl groups excluding tert-OH is 1. The average molecular weight is 186 g/mol. The minimum absolute atomic E-state index is 0.515. The molecule has 0 bridgehead atoms. The fourth-order valence-electron chi connectivity index (χ4n) is 0.966. The molecule has 0 aliphatic carbocycles. The molecule has 13 heavy (non-hydrogen) atoms. The Balaban J connectivity index is 3.80. The molecular weight excluding hydrogens is 168 g/mol. The first-order valence-electron chi connectivity index (χ1n) is 4.60. The highest BCUT2D eigenvalue weighted by Crippen LogP contribution is 2.07. The summed E-state index contributed by atoms with van der Waals surface area (Å²) in [5.74, 6) is 2.47. The lowest BCUT2D eigenvalue weighted by atomic mass is 10.2. The quantitative estimate of drug-likeness (QED) is 0.479. The van der Waals surface area contributed by atoms with Gasteiger partial charge in [-0.3, -0.25) is 0 Å². The van der Waals surface area contributed by atoms with E-state index in [4.69, 9.17) is 15.9 Å². The molecule has 0 amide bonds. The lowest BCUT2D eigenvalue weighted by Gasteiger charge is -2.21. The first-order valence-corrected chi connectivity index (χ1v) is 4.60. The SMILES string of the molecule is C#CCCC(O)C(OCC)OCC. The van der Waals surface area contributed by atoms with Gasteiger partial charge in [-0.25, -0.2) is 0 Å². The van der Waals surface area contributed by atoms with E-state index in [9.17, 15) is 5.11 Å². The molecule has 1 atom stereocenters. The molecular formula is C10H18O3. The predicted octanol–water partition coefficient (Wildman–Crippen LogP) is 1.16. The molecule has 0 saturated heterocycles. The Kier molecular flexibility index (Phi) is 7.71. The second-order valence-electron chi connectivity index (χ2n) is 2.59. The molecule has 0 aromatic carbocycles. The summed E-state index contributed by atoms with van der Waals surface area (Å²) in [6, 6.07) is 0. The van der Waals surface area contributed by atoms with E-state index in [-0.39, 0.29) is 0 Å². The van der Waals surface area contributed by atoms with Crippen molar-refractivity contribution in [2.45, 2.75) is 39.1 Å². The number of hydrogen-bond donors (Lipinski definition) is 1. The van der Waals surface area contributed by atoms with Gasteiger partial charge in [0.2, 0.25) is 0 Å². The molecule has 0 fully saturated rings. The van der Waals surface area contributed by atoms with E-state index in [0.29, 0.717) is 26.1 Å². The largest absolute Gasteiger partial charge is 0.388 e. The molecule has 0 aromatic rings. The van der Waals surface area contributed by atoms with E-state index in [1.807, 2.05) is 13.8 Å². The number of hydrogen-bond acceptors (Lipinski definition) is 3. The first-order chi connectivity index (χ1) is 6.26. The molecule has 0 aromatic heterocycles. The summed E-state index contributed by atoms with van der Waals surface area (Å²) in [6.07, 6.45) is 4.97. The molecule has 0 aliphatic rings. The molecule has 0 heterocycles. The lowest BCUT2D eigenvalue weighted by molar-refractivity contribution is -0.190. The number of terminal acetylenes is 1. The molecule has 0 radical (unpaired) electrons. The molecule has 3 heteroatoms. The molecule has 0 saturated carbocycles. The molecule has 0 rings (SSSR count). The van der Waals surface area contributed by atoms with Gasteiger partial charge >= 0.3 is 0 Å². The van der Waals surface area contributed by atoms with Gasteiger partial charge in [-0.1, -0.05) is 0 Å². The maximum absolute atomic E-state index is 9.56. The Morgan fingerprint density at radius 1 is 1.31 bits per heavy atom. The van der Waals surface area contributed by atoms with Crippen LogP contribution in [-0.2, 0) is 9.47 Å². The molecule has 1 unspecified atom stereocenters. The maximum Gasteiger partial charge on any atom is 0.183 e. The van der Waals surface area contributed by atoms with Crippen LogP contribution in [0.2, 0.25) is 0 Å². The monoisotopic (exact) mass is 186 g/mol. The number of rotatable bonds is 7. The van der Waals surface area contributed by atoms with Gasteiger partial charge in [0, 0.05) is 19.6 Å². The van der Waals surface area contributed by atoms with Crippen molar-refractivity contribution in [1.82, 2.24) is 0 Å². The van der Waals surface area contributed by atoms with Crippen LogP contribution >= 0.6 is 0 Å². The van der Waals surface area contributed by atoms with Crippen LogP contribution in [0.15, 0.2) is 0 Å². The summed E-state index contributed by atoms with van der Waals surface area (Å²) in [7, 11) is 0. The van der Waals surface area contributed by atoms with Gasteiger partial charge in [-0.15, -0.1) is 12.3 Å². The molecule has 3 nitrogen and oxygen atoms in total. The van der Waals surface area contributed by atoms with Gasteiger partial charge in [0.25, 0.3) is 0 Å². The molecule has 76 valence electrons. The normalized spacial score (nSPS) is 12.8. The summed E-state index contributed by atoms with van der Waals surface area (Å²) >= 11 is 0. The Hall–Kier alpha value is -0.560. The topological polar surface area (TPSA) is 38.7 Å². The van der Waals surface area contributed by atoms with Crippen LogP contribution in [0.5, 0.6) is 0 Å². The standard InChI is InChI=1S/C10H18O3/c1-4-7-8-9(11)10(12-5-2)13-6-3/h1,9-11H,5-8H2,2-3H3. The van der Waals surface area contributed by atoms with Gasteiger partial charge < -0.3 is 14.6 Å². The summed E-state index contributed by atoms with van der Waals surface area (Å²) < 4.78 is 10.4. The van der Waals surface area contributed by atoms with Crippen molar-refractivity contribution in [3.8, 4) is 12.3 Å². The van der Waals surface area contributed by atoms with E-state index in [1.165, 1.54) is 0 Å². The highest BCUT2D eigenvalue weighted by atomic mass is 16.7. The zero-order valence-corrected chi connectivity index (χ0v) is 8.32. The maximum atomic E-state index is 9.56. The zero-order chi connectivity index (χ0) is 10.1. The van der Waals surface area contributed by atoms with Crippen molar-refractivity contribution in [3.05, 3.63) is 0 Å². The second kappa shape index (κ2) is 8.06. The average Bonchev–Trinajstić information content (AvgIpc) is 2.14. The van der Waals surface area contributed by atoms with Crippen molar-refractivity contribution in [1.29, 1.82) is 0 Å². The highest BCUT2D eigenvalue weighted by Gasteiger charge is 2.18. The highest BCUT2D eigenvalue weighted by molar-refractivity contribution is 4.84. The first kappa shape index (κ1) is 12.4. The third-order valence-corrected chi connectivity index (χ3v) is 1.56. The van der Waals surface area contributed by atoms with Crippen LogP contribution in [0.3, 0.4) is 0 Å². The zero-order valence-electron chi connectivity index (χ0n) is 8.32. The summed E-state index contributed by atoms with van der Waals surface area (Å²) in [6.45, 7) is 4.77. The Labute approximate surface area is 80.0 Å². The van der Waals surface area contributed by atoms with Gasteiger partial charge in [0.15, 0.2) is 6.29 Å². The van der Waals surface area contributed by atoms with E-state index in [2.05, 4.69) is 5.92 Å². The minimum Gasteiger partial charge on any atom is -0.388 e. The van der Waals surface area contributed by atoms with Crippen LogP contribution < -0.4 is 0 Å². The van der Waals surface area contributed by atoms with Crippen molar-refractivity contribution < 1.29 is 14.6 Å². The third-order valence-electron chi connectivity index (χ3n) is 1.56. The van der Waals surface area contributed by atoms with Gasteiger partial charge in [-0.05, 0) is 20.3 Å². The van der Waals surface area contributed by atoms with E-state index in [1.54, 1.807) is 0 Å². The van der Waals surface area contributed by atoms with Gasteiger partial charge in [-0.2, -0.15) is 0 Å². The predicted molar refractivity (Wildman–Crippen MR) is 51.1 cm³/mol. The summed E-state index contributed by atoms with van der Waals surface area (Å²) in [5.41, 5.74) is 0. The number of aliphatic hydroxyl groups is 1. The lowest BCUT2D eigenvalue weighted by Crippen LogP contribution is -2.31. The van der Waals surface area contributed by atoms with Gasteiger partial charge in [0.05, 0.1) is 0 Å². The van der Waals surface area contributed by atoms with E-state index < -0.39 is 12.4 Å². The Morgan fingerprint density at radius 2 is 1.85 bits per heavy atom. The van der Waals surface area contributed by atoms with Crippen LogP contribution in [0, 0.1) is 12.3 Å². The van der Waals surface area contributed by atoms with Gasteiger partial charge in [0.1, 0.15) is 6.10 Å².